The van der Waals surface area contributed by atoms with E-state index >= 15 is 0 Å². The lowest BCUT2D eigenvalue weighted by molar-refractivity contribution is 0.412. The third-order valence-corrected chi connectivity index (χ3v) is 5.22. The first-order valence-corrected chi connectivity index (χ1v) is 8.98. The van der Waals surface area contributed by atoms with Gasteiger partial charge in [0.1, 0.15) is 5.58 Å². The molecule has 1 fully saturated rings. The van der Waals surface area contributed by atoms with Crippen molar-refractivity contribution >= 4 is 22.3 Å². The summed E-state index contributed by atoms with van der Waals surface area (Å²) in [6.07, 6.45) is 3.84. The molecule has 1 N–H and O–H groups in total. The van der Waals surface area contributed by atoms with Crippen molar-refractivity contribution in [1.29, 1.82) is 0 Å². The summed E-state index contributed by atoms with van der Waals surface area (Å²) in [7, 11) is 0. The van der Waals surface area contributed by atoms with Gasteiger partial charge in [-0.05, 0) is 48.2 Å². The Morgan fingerprint density at radius 1 is 1.20 bits per heavy atom. The summed E-state index contributed by atoms with van der Waals surface area (Å²) in [5.41, 5.74) is 2.90. The molecule has 1 aliphatic rings. The highest BCUT2D eigenvalue weighted by Gasteiger charge is 2.21. The number of aromatic nitrogens is 5. The van der Waals surface area contributed by atoms with Gasteiger partial charge in [-0.25, -0.2) is 4.98 Å². The Bertz CT molecular complexity index is 1100. The third kappa shape index (κ3) is 2.71. The Labute approximate surface area is 147 Å². The predicted molar refractivity (Wildman–Crippen MR) is 94.1 cm³/mol. The van der Waals surface area contributed by atoms with Crippen LogP contribution in [0.2, 0.25) is 0 Å². The number of hydrogen-bond donors (Lipinski definition) is 1. The fraction of sp³-hybridized carbons (Fsp3) is 0.222. The van der Waals surface area contributed by atoms with Crippen molar-refractivity contribution in [3.8, 4) is 23.4 Å². The number of aromatic amines is 1. The molecule has 0 radical (unpaired) electrons. The Kier molecular flexibility index (Phi) is 3.35. The van der Waals surface area contributed by atoms with Gasteiger partial charge in [0.2, 0.25) is 5.82 Å². The number of H-pyrrole nitrogens is 1. The molecule has 0 spiro atoms. The number of tetrazole rings is 1. The van der Waals surface area contributed by atoms with Gasteiger partial charge in [0, 0.05) is 22.2 Å². The molecule has 0 unspecified atom stereocenters. The zero-order chi connectivity index (χ0) is 16.6. The Morgan fingerprint density at radius 2 is 2.16 bits per heavy atom. The van der Waals surface area contributed by atoms with E-state index in [1.807, 2.05) is 24.3 Å². The van der Waals surface area contributed by atoms with Gasteiger partial charge in [-0.2, -0.15) is 5.21 Å². The van der Waals surface area contributed by atoms with E-state index in [-0.39, 0.29) is 0 Å². The molecule has 1 aromatic carbocycles. The first kappa shape index (κ1) is 14.4. The lowest BCUT2D eigenvalue weighted by Gasteiger charge is -2.22. The van der Waals surface area contributed by atoms with Crippen LogP contribution in [0.4, 0.5) is 0 Å². The number of hydrogen-bond acceptors (Lipinski definition) is 6. The first-order chi connectivity index (χ1) is 12.3. The molecule has 25 heavy (non-hydrogen) atoms. The molecular weight excluding hydrogens is 334 g/mol. The van der Waals surface area contributed by atoms with Crippen LogP contribution in [0.1, 0.15) is 41.4 Å². The second-order valence-corrected chi connectivity index (χ2v) is 6.91. The minimum atomic E-state index is 0.440. The molecule has 0 aliphatic heterocycles. The number of benzene rings is 1. The summed E-state index contributed by atoms with van der Waals surface area (Å²) >= 11 is 1.62. The van der Waals surface area contributed by atoms with Crippen molar-refractivity contribution in [3.05, 3.63) is 45.9 Å². The molecule has 1 saturated carbocycles. The molecular formula is C18H13N5OS. The maximum absolute atomic E-state index is 5.74. The van der Waals surface area contributed by atoms with Gasteiger partial charge in [0.25, 0.3) is 0 Å². The van der Waals surface area contributed by atoms with Crippen LogP contribution in [0.5, 0.6) is 0 Å². The molecule has 0 amide bonds. The van der Waals surface area contributed by atoms with E-state index in [4.69, 9.17) is 4.42 Å². The van der Waals surface area contributed by atoms with Gasteiger partial charge in [-0.15, -0.1) is 21.5 Å². The van der Waals surface area contributed by atoms with Gasteiger partial charge >= 0.3 is 0 Å². The summed E-state index contributed by atoms with van der Waals surface area (Å²) < 4.78 is 5.74. The maximum Gasteiger partial charge on any atom is 0.239 e. The van der Waals surface area contributed by atoms with E-state index in [1.165, 1.54) is 25.0 Å². The Morgan fingerprint density at radius 3 is 2.96 bits per heavy atom. The lowest BCUT2D eigenvalue weighted by Crippen LogP contribution is -2.08. The summed E-state index contributed by atoms with van der Waals surface area (Å²) in [6.45, 7) is 0. The van der Waals surface area contributed by atoms with Crippen LogP contribution in [-0.4, -0.2) is 25.6 Å². The topological polar surface area (TPSA) is 80.5 Å². The normalized spacial score (nSPS) is 14.2. The quantitative estimate of drug-likeness (QED) is 0.559. The van der Waals surface area contributed by atoms with Gasteiger partial charge < -0.3 is 4.42 Å². The van der Waals surface area contributed by atoms with E-state index in [1.54, 1.807) is 11.3 Å². The van der Waals surface area contributed by atoms with E-state index in [0.717, 1.165) is 21.5 Å². The number of furan rings is 1. The average Bonchev–Trinajstić information content (AvgIpc) is 3.30. The van der Waals surface area contributed by atoms with Crippen LogP contribution in [0.3, 0.4) is 0 Å². The van der Waals surface area contributed by atoms with E-state index in [9.17, 15) is 0 Å². The molecule has 122 valence electrons. The maximum atomic E-state index is 5.74. The van der Waals surface area contributed by atoms with Crippen molar-refractivity contribution in [2.45, 2.75) is 25.2 Å². The van der Waals surface area contributed by atoms with Gasteiger partial charge in [-0.1, -0.05) is 12.3 Å². The number of nitrogens with zero attached hydrogens (tertiary/aromatic N) is 4. The molecule has 6 nitrogen and oxygen atoms in total. The number of nitrogens with one attached hydrogen (secondary N) is 1. The van der Waals surface area contributed by atoms with Gasteiger partial charge in [-0.3, -0.25) is 0 Å². The number of fused-ring (bicyclic) bond motifs is 1. The van der Waals surface area contributed by atoms with E-state index in [0.29, 0.717) is 17.5 Å². The zero-order valence-electron chi connectivity index (χ0n) is 13.2. The first-order valence-electron chi connectivity index (χ1n) is 8.10. The molecule has 3 aromatic heterocycles. The largest absolute Gasteiger partial charge is 0.453 e. The summed E-state index contributed by atoms with van der Waals surface area (Å²) in [5, 5.41) is 17.8. The predicted octanol–water partition coefficient (Wildman–Crippen LogP) is 3.74. The van der Waals surface area contributed by atoms with E-state index < -0.39 is 0 Å². The minimum absolute atomic E-state index is 0.440. The van der Waals surface area contributed by atoms with Crippen molar-refractivity contribution in [2.75, 3.05) is 0 Å². The van der Waals surface area contributed by atoms with Crippen molar-refractivity contribution in [1.82, 2.24) is 25.6 Å². The molecule has 0 saturated heterocycles. The fourth-order valence-electron chi connectivity index (χ4n) is 2.86. The van der Waals surface area contributed by atoms with Crippen molar-refractivity contribution < 1.29 is 4.42 Å². The second-order valence-electron chi connectivity index (χ2n) is 6.05. The van der Waals surface area contributed by atoms with Crippen LogP contribution >= 0.6 is 11.3 Å². The molecule has 3 heterocycles. The van der Waals surface area contributed by atoms with Gasteiger partial charge in [0.05, 0.1) is 5.69 Å². The zero-order valence-corrected chi connectivity index (χ0v) is 14.0. The second kappa shape index (κ2) is 5.83. The average molecular weight is 347 g/mol. The summed E-state index contributed by atoms with van der Waals surface area (Å²) in [4.78, 5) is 4.65. The van der Waals surface area contributed by atoms with Crippen LogP contribution in [0, 0.1) is 11.8 Å². The Hall–Kier alpha value is -2.98. The Balaban J connectivity index is 1.42. The molecule has 1 aliphatic carbocycles. The smallest absolute Gasteiger partial charge is 0.239 e. The fourth-order valence-corrected chi connectivity index (χ4v) is 3.60. The van der Waals surface area contributed by atoms with Crippen molar-refractivity contribution in [2.24, 2.45) is 0 Å². The van der Waals surface area contributed by atoms with Gasteiger partial charge in [0.15, 0.2) is 10.8 Å². The minimum Gasteiger partial charge on any atom is -0.453 e. The standard InChI is InChI=1S/C18H13N5OS/c1-2-12(3-1)14-10-25-17(19-14)7-5-11-4-6-15-13(8-11)9-16(24-15)18-20-22-23-21-18/h4,6,8-10,12H,1-3H2,(H,20,21,22,23). The van der Waals surface area contributed by atoms with Crippen molar-refractivity contribution in [3.63, 3.8) is 0 Å². The highest BCUT2D eigenvalue weighted by molar-refractivity contribution is 7.10. The van der Waals surface area contributed by atoms with Crippen LogP contribution in [0.25, 0.3) is 22.6 Å². The molecule has 4 aromatic rings. The van der Waals surface area contributed by atoms with Crippen LogP contribution in [-0.2, 0) is 0 Å². The molecule has 7 heteroatoms. The molecule has 5 rings (SSSR count). The van der Waals surface area contributed by atoms with Crippen LogP contribution < -0.4 is 0 Å². The number of thiazole rings is 1. The third-order valence-electron chi connectivity index (χ3n) is 4.44. The highest BCUT2D eigenvalue weighted by atomic mass is 32.1. The molecule has 0 atom stereocenters. The molecule has 0 bridgehead atoms. The van der Waals surface area contributed by atoms with Crippen LogP contribution in [0.15, 0.2) is 34.1 Å². The lowest BCUT2D eigenvalue weighted by atomic mass is 9.83. The van der Waals surface area contributed by atoms with E-state index in [2.05, 4.69) is 42.8 Å². The highest BCUT2D eigenvalue weighted by Crippen LogP contribution is 2.36. The number of rotatable bonds is 2. The SMILES string of the molecule is C(#Cc1nc(C2CCC2)cs1)c1ccc2oc(-c3nn[nH]n3)cc2c1. The summed E-state index contributed by atoms with van der Waals surface area (Å²) in [5.74, 6) is 8.04. The summed E-state index contributed by atoms with van der Waals surface area (Å²) in [6, 6.07) is 7.74. The monoisotopic (exact) mass is 347 g/mol.